The quantitative estimate of drug-likeness (QED) is 0.0220. The molecular weight excluding hydrogens is 693 g/mol. The van der Waals surface area contributed by atoms with Crippen molar-refractivity contribution in [3.05, 3.63) is 60.8 Å². The van der Waals surface area contributed by atoms with Gasteiger partial charge in [0.25, 0.3) is 7.82 Å². The third-order valence-electron chi connectivity index (χ3n) is 8.17. The molecule has 0 saturated carbocycles. The van der Waals surface area contributed by atoms with Crippen LogP contribution in [0.3, 0.4) is 0 Å². The number of aliphatic hydroxyl groups is 1. The maximum absolute atomic E-state index is 12.6. The molecule has 0 aromatic carbocycles. The number of aliphatic hydroxyl groups excluding tert-OH is 1. The van der Waals surface area contributed by atoms with Gasteiger partial charge in [-0.2, -0.15) is 0 Å². The van der Waals surface area contributed by atoms with E-state index >= 15 is 0 Å². The summed E-state index contributed by atoms with van der Waals surface area (Å²) < 4.78 is 33.7. The summed E-state index contributed by atoms with van der Waals surface area (Å²) in [6, 6.07) is 0. The van der Waals surface area contributed by atoms with E-state index in [2.05, 4.69) is 61.6 Å². The highest BCUT2D eigenvalue weighted by Gasteiger charge is 2.21. The van der Waals surface area contributed by atoms with Gasteiger partial charge in [-0.15, -0.1) is 0 Å². The second kappa shape index (κ2) is 34.2. The Morgan fingerprint density at radius 1 is 0.679 bits per heavy atom. The molecule has 0 bridgehead atoms. The number of hydrogen-bond donors (Lipinski definition) is 1. The van der Waals surface area contributed by atoms with Crippen molar-refractivity contribution in [1.29, 1.82) is 0 Å². The normalized spacial score (nSPS) is 14.9. The number of ether oxygens (including phenoxy) is 2. The fraction of sp³-hybridized carbons (Fsp3) is 0.714. The molecule has 306 valence electrons. The predicted octanol–water partition coefficient (Wildman–Crippen LogP) is 9.24. The van der Waals surface area contributed by atoms with Gasteiger partial charge in [0, 0.05) is 12.8 Å². The van der Waals surface area contributed by atoms with E-state index in [1.807, 2.05) is 34.1 Å². The standard InChI is InChI=1S/C42H74NO9P/c1-6-8-9-10-11-12-17-22-25-28-31-34-42(46)52-40(38-51-53(47,48)50-36-35-43(3,4)5)37-49-41(45)33-30-27-24-21-19-16-14-13-15-18-20-23-26-29-32-39(44)7-2/h10-11,14-16,18,21,23-24,26,39-40,44H,6-9,12-13,17,19-20,22,25,27-38H2,1-5H3/b11-10-,16-14-,18-15-,24-21-,26-23-/t39-,40+/m0/s1. The number of likely N-dealkylation sites (N-methyl/N-ethyl adjacent to an activating group) is 1. The Labute approximate surface area is 322 Å². The number of carbonyl (C=O) groups excluding carboxylic acids is 2. The van der Waals surface area contributed by atoms with Gasteiger partial charge < -0.3 is 33.0 Å². The summed E-state index contributed by atoms with van der Waals surface area (Å²) in [5.41, 5.74) is 0. The maximum Gasteiger partial charge on any atom is 0.306 e. The first-order valence-electron chi connectivity index (χ1n) is 20.1. The van der Waals surface area contributed by atoms with Crippen LogP contribution in [0.15, 0.2) is 60.8 Å². The van der Waals surface area contributed by atoms with Crippen molar-refractivity contribution in [2.24, 2.45) is 0 Å². The molecule has 0 aromatic rings. The summed E-state index contributed by atoms with van der Waals surface area (Å²) in [4.78, 5) is 37.3. The predicted molar refractivity (Wildman–Crippen MR) is 214 cm³/mol. The van der Waals surface area contributed by atoms with Crippen molar-refractivity contribution < 1.29 is 47.2 Å². The van der Waals surface area contributed by atoms with Crippen molar-refractivity contribution in [1.82, 2.24) is 0 Å². The smallest absolute Gasteiger partial charge is 0.306 e. The number of phosphoric acid groups is 1. The van der Waals surface area contributed by atoms with Gasteiger partial charge in [0.2, 0.25) is 0 Å². The minimum absolute atomic E-state index is 0.0493. The molecular formula is C42H74NO9P. The summed E-state index contributed by atoms with van der Waals surface area (Å²) in [6.07, 6.45) is 36.3. The maximum atomic E-state index is 12.6. The third kappa shape index (κ3) is 37.8. The number of carbonyl (C=O) groups is 2. The number of hydrogen-bond acceptors (Lipinski definition) is 9. The molecule has 0 fully saturated rings. The summed E-state index contributed by atoms with van der Waals surface area (Å²) in [5, 5.41) is 9.55. The molecule has 53 heavy (non-hydrogen) atoms. The monoisotopic (exact) mass is 768 g/mol. The fourth-order valence-corrected chi connectivity index (χ4v) is 5.51. The Balaban J connectivity index is 4.52. The van der Waals surface area contributed by atoms with Gasteiger partial charge in [-0.25, -0.2) is 0 Å². The average molecular weight is 768 g/mol. The Morgan fingerprint density at radius 2 is 1.21 bits per heavy atom. The molecule has 0 heterocycles. The van der Waals surface area contributed by atoms with Crippen LogP contribution in [0.1, 0.15) is 136 Å². The lowest BCUT2D eigenvalue weighted by atomic mass is 10.1. The SMILES string of the molecule is CCCC/C=C\CCCCCCCC(=O)O[C@H](COC(=O)CCC/C=C\C/C=C\C/C=C\C/C=C\CC[C@@H](O)CC)COP(=O)([O-])OCC[N+](C)(C)C. The van der Waals surface area contributed by atoms with Crippen LogP contribution in [0.2, 0.25) is 0 Å². The first kappa shape index (κ1) is 50.7. The minimum Gasteiger partial charge on any atom is -0.756 e. The van der Waals surface area contributed by atoms with Crippen LogP contribution in [0.5, 0.6) is 0 Å². The van der Waals surface area contributed by atoms with Gasteiger partial charge in [-0.3, -0.25) is 14.2 Å². The number of phosphoric ester groups is 1. The Kier molecular flexibility index (Phi) is 32.7. The Morgan fingerprint density at radius 3 is 1.83 bits per heavy atom. The molecule has 0 radical (unpaired) electrons. The lowest BCUT2D eigenvalue weighted by molar-refractivity contribution is -0.870. The van der Waals surface area contributed by atoms with Gasteiger partial charge in [0.05, 0.1) is 33.9 Å². The van der Waals surface area contributed by atoms with Gasteiger partial charge >= 0.3 is 11.9 Å². The molecule has 3 atom stereocenters. The molecule has 0 saturated heterocycles. The Hall–Kier alpha value is -2.33. The van der Waals surface area contributed by atoms with Crippen LogP contribution in [0.4, 0.5) is 0 Å². The van der Waals surface area contributed by atoms with Crippen LogP contribution in [-0.4, -0.2) is 81.2 Å². The number of unbranched alkanes of at least 4 members (excludes halogenated alkanes) is 8. The second-order valence-corrected chi connectivity index (χ2v) is 15.8. The summed E-state index contributed by atoms with van der Waals surface area (Å²) in [6.45, 7) is 3.79. The lowest BCUT2D eigenvalue weighted by Crippen LogP contribution is -2.37. The minimum atomic E-state index is -4.64. The van der Waals surface area contributed by atoms with Crippen molar-refractivity contribution >= 4 is 19.8 Å². The molecule has 11 heteroatoms. The van der Waals surface area contributed by atoms with Gasteiger partial charge in [-0.05, 0) is 77.0 Å². The van der Waals surface area contributed by atoms with Crippen LogP contribution in [0, 0.1) is 0 Å². The highest BCUT2D eigenvalue weighted by molar-refractivity contribution is 7.45. The van der Waals surface area contributed by atoms with E-state index < -0.39 is 32.5 Å². The van der Waals surface area contributed by atoms with Crippen molar-refractivity contribution in [2.45, 2.75) is 148 Å². The van der Waals surface area contributed by atoms with E-state index in [9.17, 15) is 24.2 Å². The third-order valence-corrected chi connectivity index (χ3v) is 9.14. The van der Waals surface area contributed by atoms with E-state index in [0.717, 1.165) is 77.0 Å². The van der Waals surface area contributed by atoms with E-state index in [1.54, 1.807) is 0 Å². The molecule has 0 aromatic heterocycles. The lowest BCUT2D eigenvalue weighted by Gasteiger charge is -2.28. The molecule has 0 aliphatic carbocycles. The molecule has 1 N–H and O–H groups in total. The van der Waals surface area contributed by atoms with E-state index in [1.165, 1.54) is 12.8 Å². The van der Waals surface area contributed by atoms with E-state index in [-0.39, 0.29) is 32.2 Å². The first-order valence-corrected chi connectivity index (χ1v) is 21.5. The number of allylic oxidation sites excluding steroid dienone is 10. The van der Waals surface area contributed by atoms with E-state index in [0.29, 0.717) is 30.3 Å². The summed E-state index contributed by atoms with van der Waals surface area (Å²) >= 11 is 0. The van der Waals surface area contributed by atoms with Crippen molar-refractivity contribution in [2.75, 3.05) is 47.5 Å². The van der Waals surface area contributed by atoms with Crippen molar-refractivity contribution in [3.63, 3.8) is 0 Å². The van der Waals surface area contributed by atoms with Gasteiger partial charge in [0.15, 0.2) is 6.10 Å². The van der Waals surface area contributed by atoms with Crippen LogP contribution in [0.25, 0.3) is 0 Å². The molecule has 0 spiro atoms. The second-order valence-electron chi connectivity index (χ2n) is 14.4. The number of rotatable bonds is 35. The molecule has 1 unspecified atom stereocenters. The van der Waals surface area contributed by atoms with Gasteiger partial charge in [0.1, 0.15) is 19.8 Å². The van der Waals surface area contributed by atoms with E-state index in [4.69, 9.17) is 18.5 Å². The highest BCUT2D eigenvalue weighted by atomic mass is 31.2. The van der Waals surface area contributed by atoms with Crippen LogP contribution >= 0.6 is 7.82 Å². The largest absolute Gasteiger partial charge is 0.756 e. The molecule has 0 rings (SSSR count). The highest BCUT2D eigenvalue weighted by Crippen LogP contribution is 2.38. The molecule has 0 aliphatic heterocycles. The number of quaternary nitrogens is 1. The number of esters is 2. The van der Waals surface area contributed by atoms with Crippen LogP contribution in [-0.2, 0) is 32.7 Å². The fourth-order valence-electron chi connectivity index (χ4n) is 4.78. The first-order chi connectivity index (χ1) is 25.4. The zero-order valence-corrected chi connectivity index (χ0v) is 34.7. The average Bonchev–Trinajstić information content (AvgIpc) is 3.10. The van der Waals surface area contributed by atoms with Crippen molar-refractivity contribution in [3.8, 4) is 0 Å². The molecule has 10 nitrogen and oxygen atoms in total. The zero-order chi connectivity index (χ0) is 39.5. The summed E-state index contributed by atoms with van der Waals surface area (Å²) in [5.74, 6) is -0.938. The molecule has 0 aliphatic rings. The zero-order valence-electron chi connectivity index (χ0n) is 33.8. The number of nitrogens with zero attached hydrogens (tertiary/aromatic N) is 1. The topological polar surface area (TPSA) is 131 Å². The Bertz CT molecular complexity index is 1110. The molecule has 0 amide bonds. The van der Waals surface area contributed by atoms with Crippen LogP contribution < -0.4 is 4.89 Å². The van der Waals surface area contributed by atoms with Gasteiger partial charge in [-0.1, -0.05) is 107 Å². The summed E-state index contributed by atoms with van der Waals surface area (Å²) in [7, 11) is 1.10.